The minimum absolute atomic E-state index is 0.0117. The minimum atomic E-state index is -0.597. The first-order valence-corrected chi connectivity index (χ1v) is 4.47. The van der Waals surface area contributed by atoms with Crippen LogP contribution in [0.15, 0.2) is 0 Å². The van der Waals surface area contributed by atoms with Crippen LogP contribution in [0.25, 0.3) is 0 Å². The van der Waals surface area contributed by atoms with Gasteiger partial charge in [0.1, 0.15) is 6.54 Å². The predicted octanol–water partition coefficient (Wildman–Crippen LogP) is -1.01. The number of nitrogen functional groups attached to an aromatic ring is 1. The molecule has 0 spiro atoms. The molecule has 1 saturated heterocycles. The van der Waals surface area contributed by atoms with Crippen molar-refractivity contribution in [2.75, 3.05) is 17.7 Å². The first kappa shape index (κ1) is 10.4. The maximum atomic E-state index is 11.2. The Bertz CT molecular complexity index is 444. The Balaban J connectivity index is 2.15. The van der Waals surface area contributed by atoms with Gasteiger partial charge in [-0.2, -0.15) is 15.0 Å². The largest absolute Gasteiger partial charge is 0.368 e. The van der Waals surface area contributed by atoms with E-state index in [0.717, 1.165) is 5.01 Å². The zero-order valence-corrected chi connectivity index (χ0v) is 8.52. The lowest BCUT2D eigenvalue weighted by Gasteiger charge is -2.13. The summed E-state index contributed by atoms with van der Waals surface area (Å²) in [6.07, 6.45) is 0. The van der Waals surface area contributed by atoms with Crippen LogP contribution in [0.3, 0.4) is 0 Å². The van der Waals surface area contributed by atoms with E-state index in [-0.39, 0.29) is 23.7 Å². The number of rotatable bonds is 2. The molecule has 0 atom stereocenters. The quantitative estimate of drug-likeness (QED) is 0.568. The molecule has 84 valence electrons. The highest BCUT2D eigenvalue weighted by molar-refractivity contribution is 6.28. The molecule has 10 heteroatoms. The Hall–Kier alpha value is -2.16. The number of anilines is 2. The first-order valence-electron chi connectivity index (χ1n) is 4.09. The van der Waals surface area contributed by atoms with E-state index in [1.165, 1.54) is 0 Å². The smallest absolute Gasteiger partial charge is 0.343 e. The summed E-state index contributed by atoms with van der Waals surface area (Å²) < 4.78 is 0. The van der Waals surface area contributed by atoms with Gasteiger partial charge in [0.25, 0.3) is 0 Å². The maximum absolute atomic E-state index is 11.2. The van der Waals surface area contributed by atoms with Gasteiger partial charge in [0.15, 0.2) is 0 Å². The summed E-state index contributed by atoms with van der Waals surface area (Å²) in [5, 5.41) is 2.95. The van der Waals surface area contributed by atoms with Crippen LogP contribution in [0, 0.1) is 0 Å². The summed E-state index contributed by atoms with van der Waals surface area (Å²) in [5.41, 5.74) is 7.80. The topological polar surface area (TPSA) is 126 Å². The summed E-state index contributed by atoms with van der Waals surface area (Å²) in [6, 6.07) is -0.597. The van der Waals surface area contributed by atoms with Crippen LogP contribution in [0.4, 0.5) is 16.7 Å². The van der Waals surface area contributed by atoms with E-state index < -0.39 is 11.9 Å². The number of nitrogens with one attached hydrogen (secondary N) is 2. The number of hydrazine groups is 1. The predicted molar refractivity (Wildman–Crippen MR) is 53.1 cm³/mol. The number of nitrogens with zero attached hydrogens (tertiary/aromatic N) is 4. The summed E-state index contributed by atoms with van der Waals surface area (Å²) in [7, 11) is 0. The van der Waals surface area contributed by atoms with Gasteiger partial charge in [-0.25, -0.2) is 9.80 Å². The van der Waals surface area contributed by atoms with Gasteiger partial charge in [0.05, 0.1) is 0 Å². The van der Waals surface area contributed by atoms with Gasteiger partial charge in [-0.3, -0.25) is 15.5 Å². The van der Waals surface area contributed by atoms with Gasteiger partial charge in [0.2, 0.25) is 23.1 Å². The Kier molecular flexibility index (Phi) is 2.44. The van der Waals surface area contributed by atoms with E-state index in [2.05, 4.69) is 25.7 Å². The molecular weight excluding hydrogens is 238 g/mol. The number of carbonyl (C=O) groups is 2. The zero-order valence-electron chi connectivity index (χ0n) is 7.77. The number of imide groups is 1. The third-order valence-electron chi connectivity index (χ3n) is 1.65. The highest BCUT2D eigenvalue weighted by Gasteiger charge is 2.27. The maximum Gasteiger partial charge on any atom is 0.343 e. The standard InChI is InChI=1S/C6H6ClN7O2/c7-3-10-4(8)12-5(11-3)13-14-1-2(15)9-6(14)16/h1H2,(H,9,15,16)(H3,8,10,11,12,13). The lowest BCUT2D eigenvalue weighted by molar-refractivity contribution is -0.118. The number of hydrogen-bond donors (Lipinski definition) is 3. The molecule has 0 radical (unpaired) electrons. The number of carbonyl (C=O) groups excluding carboxylic acids is 2. The van der Waals surface area contributed by atoms with Gasteiger partial charge in [-0.1, -0.05) is 0 Å². The number of aromatic nitrogens is 3. The number of halogens is 1. The van der Waals surface area contributed by atoms with E-state index in [0.29, 0.717) is 0 Å². The van der Waals surface area contributed by atoms with Gasteiger partial charge < -0.3 is 5.73 Å². The van der Waals surface area contributed by atoms with Crippen molar-refractivity contribution < 1.29 is 9.59 Å². The second-order valence-corrected chi connectivity index (χ2v) is 3.18. The van der Waals surface area contributed by atoms with E-state index in [9.17, 15) is 9.59 Å². The highest BCUT2D eigenvalue weighted by Crippen LogP contribution is 2.08. The lowest BCUT2D eigenvalue weighted by atomic mass is 10.6. The molecule has 2 heterocycles. The molecule has 0 bridgehead atoms. The fourth-order valence-corrected chi connectivity index (χ4v) is 1.23. The summed E-state index contributed by atoms with van der Waals surface area (Å²) >= 11 is 5.53. The monoisotopic (exact) mass is 243 g/mol. The van der Waals surface area contributed by atoms with Crippen molar-refractivity contribution in [3.63, 3.8) is 0 Å². The molecule has 1 aromatic rings. The van der Waals surface area contributed by atoms with Crippen molar-refractivity contribution in [3.05, 3.63) is 5.28 Å². The second-order valence-electron chi connectivity index (χ2n) is 2.84. The Labute approximate surface area is 94.0 Å². The van der Waals surface area contributed by atoms with Crippen molar-refractivity contribution in [2.24, 2.45) is 0 Å². The SMILES string of the molecule is Nc1nc(Cl)nc(NN2CC(=O)NC2=O)n1. The molecule has 1 aliphatic heterocycles. The van der Waals surface area contributed by atoms with Gasteiger partial charge >= 0.3 is 6.03 Å². The van der Waals surface area contributed by atoms with Crippen LogP contribution in [0.1, 0.15) is 0 Å². The molecule has 16 heavy (non-hydrogen) atoms. The fraction of sp³-hybridized carbons (Fsp3) is 0.167. The molecule has 1 aliphatic rings. The third-order valence-corrected chi connectivity index (χ3v) is 1.82. The van der Waals surface area contributed by atoms with Crippen molar-refractivity contribution in [2.45, 2.75) is 0 Å². The Morgan fingerprint density at radius 1 is 1.38 bits per heavy atom. The number of nitrogens with two attached hydrogens (primary N) is 1. The van der Waals surface area contributed by atoms with Gasteiger partial charge in [-0.05, 0) is 11.6 Å². The van der Waals surface area contributed by atoms with E-state index in [1.807, 2.05) is 0 Å². The normalized spacial score (nSPS) is 15.2. The molecule has 1 aromatic heterocycles. The molecule has 1 fully saturated rings. The average molecular weight is 244 g/mol. The van der Waals surface area contributed by atoms with Crippen molar-refractivity contribution in [1.29, 1.82) is 0 Å². The van der Waals surface area contributed by atoms with E-state index in [1.54, 1.807) is 0 Å². The van der Waals surface area contributed by atoms with Crippen LogP contribution in [0.2, 0.25) is 5.28 Å². The van der Waals surface area contributed by atoms with Gasteiger partial charge in [0, 0.05) is 0 Å². The molecule has 0 saturated carbocycles. The Morgan fingerprint density at radius 2 is 2.12 bits per heavy atom. The van der Waals surface area contributed by atoms with Crippen LogP contribution >= 0.6 is 11.6 Å². The molecule has 0 aromatic carbocycles. The number of amides is 3. The molecular formula is C6H6ClN7O2. The molecule has 3 amide bonds. The average Bonchev–Trinajstić information content (AvgIpc) is 2.43. The van der Waals surface area contributed by atoms with Crippen LogP contribution in [-0.2, 0) is 4.79 Å². The van der Waals surface area contributed by atoms with Crippen molar-refractivity contribution in [1.82, 2.24) is 25.3 Å². The summed E-state index contributed by atoms with van der Waals surface area (Å²) in [5.74, 6) is -0.526. The number of urea groups is 1. The Morgan fingerprint density at radius 3 is 2.69 bits per heavy atom. The number of hydrogen-bond acceptors (Lipinski definition) is 7. The zero-order chi connectivity index (χ0) is 11.7. The lowest BCUT2D eigenvalue weighted by Crippen LogP contribution is -2.34. The highest BCUT2D eigenvalue weighted by atomic mass is 35.5. The summed E-state index contributed by atoms with van der Waals surface area (Å²) in [4.78, 5) is 32.9. The molecule has 0 unspecified atom stereocenters. The van der Waals surface area contributed by atoms with Crippen LogP contribution in [0.5, 0.6) is 0 Å². The molecule has 0 aliphatic carbocycles. The third kappa shape index (κ3) is 2.08. The molecule has 2 rings (SSSR count). The molecule has 9 nitrogen and oxygen atoms in total. The first-order chi connectivity index (χ1) is 7.54. The minimum Gasteiger partial charge on any atom is -0.368 e. The molecule has 4 N–H and O–H groups in total. The van der Waals surface area contributed by atoms with Crippen LogP contribution in [-0.4, -0.2) is 38.4 Å². The van der Waals surface area contributed by atoms with Crippen molar-refractivity contribution >= 4 is 35.4 Å². The van der Waals surface area contributed by atoms with E-state index in [4.69, 9.17) is 17.3 Å². The van der Waals surface area contributed by atoms with Crippen LogP contribution < -0.4 is 16.5 Å². The van der Waals surface area contributed by atoms with Gasteiger partial charge in [-0.15, -0.1) is 0 Å². The second kappa shape index (κ2) is 3.77. The summed E-state index contributed by atoms with van der Waals surface area (Å²) in [6.45, 7) is -0.137. The van der Waals surface area contributed by atoms with E-state index >= 15 is 0 Å². The van der Waals surface area contributed by atoms with Crippen molar-refractivity contribution in [3.8, 4) is 0 Å². The fourth-order valence-electron chi connectivity index (χ4n) is 1.07.